The van der Waals surface area contributed by atoms with Gasteiger partial charge in [0.1, 0.15) is 32.9 Å². The molecule has 2 nitrogen and oxygen atoms in total. The zero-order chi connectivity index (χ0) is 28.9. The van der Waals surface area contributed by atoms with Gasteiger partial charge < -0.3 is 7.79 Å². The van der Waals surface area contributed by atoms with Crippen molar-refractivity contribution in [3.8, 4) is 0 Å². The van der Waals surface area contributed by atoms with Crippen LogP contribution < -0.4 is 0 Å². The van der Waals surface area contributed by atoms with Crippen molar-refractivity contribution in [1.82, 2.24) is 7.79 Å². The predicted octanol–water partition coefficient (Wildman–Crippen LogP) is 10.3. The monoisotopic (exact) mass is 572 g/mol. The first kappa shape index (κ1) is 35.7. The van der Waals surface area contributed by atoms with Crippen LogP contribution in [0.4, 0.5) is 0 Å². The molecule has 0 aliphatic rings. The van der Waals surface area contributed by atoms with E-state index in [-0.39, 0.29) is 0 Å². The molecule has 0 amide bonds. The van der Waals surface area contributed by atoms with Crippen LogP contribution in [-0.2, 0) is 0 Å². The van der Waals surface area contributed by atoms with Crippen LogP contribution >= 0.6 is 0 Å². The molecular formula is C28H68N2Si5. The average molecular weight is 573 g/mol. The second kappa shape index (κ2) is 10.7. The zero-order valence-corrected chi connectivity index (χ0v) is 33.5. The highest BCUT2D eigenvalue weighted by atomic mass is 28.5. The van der Waals surface area contributed by atoms with Crippen molar-refractivity contribution in [2.45, 2.75) is 169 Å². The maximum atomic E-state index is 3.37. The highest BCUT2D eigenvalue weighted by Gasteiger charge is 2.60. The molecule has 0 aliphatic carbocycles. The molecule has 35 heavy (non-hydrogen) atoms. The van der Waals surface area contributed by atoms with E-state index in [0.29, 0.717) is 20.2 Å². The molecule has 0 N–H and O–H groups in total. The first-order chi connectivity index (χ1) is 14.9. The smallest absolute Gasteiger partial charge is 0.188 e. The molecule has 210 valence electrons. The van der Waals surface area contributed by atoms with Crippen LogP contribution in [0.2, 0.25) is 72.5 Å². The summed E-state index contributed by atoms with van der Waals surface area (Å²) in [5.74, 6) is 0. The lowest BCUT2D eigenvalue weighted by atomic mass is 10.2. The summed E-state index contributed by atoms with van der Waals surface area (Å²) in [6.45, 7) is 54.5. The molecule has 0 saturated carbocycles. The normalized spacial score (nSPS) is 16.3. The highest BCUT2D eigenvalue weighted by Crippen LogP contribution is 2.52. The summed E-state index contributed by atoms with van der Waals surface area (Å²) in [6, 6.07) is 0. The number of nitrogens with zero attached hydrogens (tertiary/aromatic N) is 2. The lowest BCUT2D eigenvalue weighted by Crippen LogP contribution is -2.82. The predicted molar refractivity (Wildman–Crippen MR) is 179 cm³/mol. The number of hydrogen-bond donors (Lipinski definition) is 0. The quantitative estimate of drug-likeness (QED) is 0.267. The lowest BCUT2D eigenvalue weighted by molar-refractivity contribution is 0.586. The summed E-state index contributed by atoms with van der Waals surface area (Å²) in [6.07, 6.45) is 3.69. The van der Waals surface area contributed by atoms with Crippen LogP contribution in [0, 0.1) is 0 Å². The topological polar surface area (TPSA) is 6.48 Å². The van der Waals surface area contributed by atoms with Gasteiger partial charge in [-0.15, -0.1) is 0 Å². The first-order valence-corrected chi connectivity index (χ1v) is 27.7. The Kier molecular flexibility index (Phi) is 11.0. The molecule has 0 bridgehead atoms. The highest BCUT2D eigenvalue weighted by molar-refractivity contribution is 7.09. The zero-order valence-electron chi connectivity index (χ0n) is 28.3. The standard InChI is InChI=1S/C28H68N2Si5/c1-22-23-24-31(29(32(14,15)25(2,3)4)33(16,17)26(5,6)7)30(34(18,19)27(8,9)10)35(20,21)28(11,12)13/h23-24,31H,22H2,1-21H3. The summed E-state index contributed by atoms with van der Waals surface area (Å²) in [5, 5.41) is 1.28. The maximum absolute atomic E-state index is 3.37. The van der Waals surface area contributed by atoms with E-state index in [2.05, 4.69) is 162 Å². The Morgan fingerprint density at radius 2 is 0.686 bits per heavy atom. The van der Waals surface area contributed by atoms with Crippen LogP contribution in [0.1, 0.15) is 96.4 Å². The number of rotatable bonds is 8. The van der Waals surface area contributed by atoms with Crippen molar-refractivity contribution in [3.05, 3.63) is 11.8 Å². The van der Waals surface area contributed by atoms with Crippen LogP contribution in [0.15, 0.2) is 11.8 Å². The molecule has 0 aromatic carbocycles. The van der Waals surface area contributed by atoms with Crippen molar-refractivity contribution in [3.63, 3.8) is 0 Å². The molecule has 0 rings (SSSR count). The first-order valence-electron chi connectivity index (χ1n) is 14.2. The SMILES string of the molecule is CCC=C[SiH](N([Si](C)(C)C(C)(C)C)[Si](C)(C)C(C)(C)C)N([Si](C)(C)C(C)(C)C)[Si](C)(C)C(C)(C)C. The third kappa shape index (κ3) is 7.04. The van der Waals surface area contributed by atoms with E-state index in [1.807, 2.05) is 0 Å². The van der Waals surface area contributed by atoms with Gasteiger partial charge in [0.25, 0.3) is 0 Å². The Morgan fingerprint density at radius 1 is 0.486 bits per heavy atom. The Morgan fingerprint density at radius 3 is 0.829 bits per heavy atom. The fourth-order valence-corrected chi connectivity index (χ4v) is 42.9. The van der Waals surface area contributed by atoms with Crippen LogP contribution in [0.25, 0.3) is 0 Å². The third-order valence-corrected chi connectivity index (χ3v) is 49.6. The van der Waals surface area contributed by atoms with E-state index in [4.69, 9.17) is 0 Å². The average Bonchev–Trinajstić information content (AvgIpc) is 2.54. The van der Waals surface area contributed by atoms with E-state index in [1.54, 1.807) is 0 Å². The maximum Gasteiger partial charge on any atom is 0.188 e. The van der Waals surface area contributed by atoms with Crippen LogP contribution in [-0.4, -0.2) is 49.9 Å². The summed E-state index contributed by atoms with van der Waals surface area (Å²) >= 11 is 0. The minimum absolute atomic E-state index is 0.320. The summed E-state index contributed by atoms with van der Waals surface area (Å²) in [7, 11) is -8.94. The van der Waals surface area contributed by atoms with Gasteiger partial charge in [-0.2, -0.15) is 0 Å². The molecule has 0 spiro atoms. The van der Waals surface area contributed by atoms with Crippen molar-refractivity contribution >= 4 is 42.1 Å². The van der Waals surface area contributed by atoms with Gasteiger partial charge in [0.05, 0.1) is 0 Å². The Labute approximate surface area is 229 Å². The molecule has 0 atom stereocenters. The van der Waals surface area contributed by atoms with Crippen LogP contribution in [0.5, 0.6) is 0 Å². The van der Waals surface area contributed by atoms with Gasteiger partial charge in [-0.1, -0.05) is 154 Å². The fraction of sp³-hybridized carbons (Fsp3) is 0.929. The largest absolute Gasteiger partial charge is 0.355 e. The van der Waals surface area contributed by atoms with Gasteiger partial charge in [-0.05, 0) is 26.6 Å². The Bertz CT molecular complexity index is 618. The second-order valence-corrected chi connectivity index (χ2v) is 42.8. The van der Waals surface area contributed by atoms with Gasteiger partial charge >= 0.3 is 0 Å². The van der Waals surface area contributed by atoms with Crippen molar-refractivity contribution < 1.29 is 0 Å². The van der Waals surface area contributed by atoms with Crippen molar-refractivity contribution in [2.24, 2.45) is 0 Å². The Balaban J connectivity index is 7.97. The summed E-state index contributed by atoms with van der Waals surface area (Å²) < 4.78 is 6.74. The fourth-order valence-electron chi connectivity index (χ4n) is 4.71. The van der Waals surface area contributed by atoms with E-state index < -0.39 is 42.1 Å². The third-order valence-electron chi connectivity index (χ3n) is 10.8. The molecule has 0 fully saturated rings. The number of hydrogen-bond acceptors (Lipinski definition) is 2. The molecule has 0 saturated heterocycles. The lowest BCUT2D eigenvalue weighted by Gasteiger charge is -2.67. The molecular weight excluding hydrogens is 505 g/mol. The van der Waals surface area contributed by atoms with Gasteiger partial charge in [0.2, 0.25) is 0 Å². The molecule has 0 aromatic heterocycles. The second-order valence-electron chi connectivity index (χ2n) is 17.2. The van der Waals surface area contributed by atoms with Gasteiger partial charge in [0, 0.05) is 0 Å². The van der Waals surface area contributed by atoms with Crippen LogP contribution in [0.3, 0.4) is 0 Å². The van der Waals surface area contributed by atoms with E-state index in [1.165, 1.54) is 0 Å². The molecule has 0 aromatic rings. The minimum Gasteiger partial charge on any atom is -0.355 e. The van der Waals surface area contributed by atoms with Gasteiger partial charge in [-0.3, -0.25) is 0 Å². The molecule has 0 radical (unpaired) electrons. The van der Waals surface area contributed by atoms with Gasteiger partial charge in [0.15, 0.2) is 9.12 Å². The summed E-state index contributed by atoms with van der Waals surface area (Å²) in [4.78, 5) is 0. The molecule has 0 heterocycles. The van der Waals surface area contributed by atoms with E-state index in [0.717, 1.165) is 6.42 Å². The minimum atomic E-state index is -1.82. The van der Waals surface area contributed by atoms with E-state index >= 15 is 0 Å². The molecule has 0 aliphatic heterocycles. The van der Waals surface area contributed by atoms with E-state index in [9.17, 15) is 0 Å². The van der Waals surface area contributed by atoms with Crippen molar-refractivity contribution in [2.75, 3.05) is 0 Å². The Hall–Kier alpha value is 0.744. The van der Waals surface area contributed by atoms with Gasteiger partial charge in [-0.25, -0.2) is 0 Å². The molecule has 0 unspecified atom stereocenters. The summed E-state index contributed by atoms with van der Waals surface area (Å²) in [5.41, 5.74) is 2.81. The molecule has 7 heteroatoms. The number of allylic oxidation sites excluding steroid dienone is 1. The van der Waals surface area contributed by atoms with Crippen molar-refractivity contribution in [1.29, 1.82) is 0 Å².